The number of carbonyl (C=O) groups excluding carboxylic acids is 1. The van der Waals surface area contributed by atoms with Gasteiger partial charge in [-0.25, -0.2) is 0 Å². The van der Waals surface area contributed by atoms with Crippen LogP contribution in [-0.4, -0.2) is 17.9 Å². The van der Waals surface area contributed by atoms with Crippen molar-refractivity contribution in [2.75, 3.05) is 0 Å². The number of nitrogens with zero attached hydrogens (tertiary/aromatic N) is 1. The maximum Gasteiger partial charge on any atom is 0.289 e. The molecule has 0 fully saturated rings. The molecule has 3 heteroatoms. The molecule has 1 aliphatic rings. The van der Waals surface area contributed by atoms with Gasteiger partial charge in [-0.1, -0.05) is 6.92 Å². The standard InChI is InChI=1S/C6H9NO2/c1-3-5-6(8)7-4(2)9-5/h5H,3H2,1-2H3. The minimum atomic E-state index is -0.301. The molecule has 0 radical (unpaired) electrons. The van der Waals surface area contributed by atoms with E-state index >= 15 is 0 Å². The quantitative estimate of drug-likeness (QED) is 0.521. The zero-order chi connectivity index (χ0) is 6.85. The lowest BCUT2D eigenvalue weighted by atomic mass is 10.3. The first-order valence-corrected chi connectivity index (χ1v) is 3.00. The second kappa shape index (κ2) is 2.17. The van der Waals surface area contributed by atoms with E-state index in [2.05, 4.69) is 4.99 Å². The van der Waals surface area contributed by atoms with Crippen LogP contribution in [0.15, 0.2) is 4.99 Å². The Labute approximate surface area is 53.7 Å². The van der Waals surface area contributed by atoms with E-state index in [0.29, 0.717) is 12.3 Å². The molecule has 0 spiro atoms. The van der Waals surface area contributed by atoms with Crippen LogP contribution in [0.25, 0.3) is 0 Å². The summed E-state index contributed by atoms with van der Waals surface area (Å²) in [6, 6.07) is 0. The molecule has 50 valence electrons. The van der Waals surface area contributed by atoms with Crippen LogP contribution < -0.4 is 0 Å². The van der Waals surface area contributed by atoms with Gasteiger partial charge in [0.25, 0.3) is 5.91 Å². The third-order valence-electron chi connectivity index (χ3n) is 1.23. The maximum atomic E-state index is 10.7. The van der Waals surface area contributed by atoms with E-state index in [0.717, 1.165) is 0 Å². The molecule has 1 heterocycles. The number of carbonyl (C=O) groups is 1. The molecule has 0 saturated carbocycles. The molecule has 1 rings (SSSR count). The number of aliphatic imine (C=N–C) groups is 1. The fourth-order valence-electron chi connectivity index (χ4n) is 0.768. The van der Waals surface area contributed by atoms with Crippen LogP contribution in [0.4, 0.5) is 0 Å². The number of ether oxygens (including phenoxy) is 1. The van der Waals surface area contributed by atoms with Gasteiger partial charge in [-0.15, -0.1) is 0 Å². The normalized spacial score (nSPS) is 25.8. The van der Waals surface area contributed by atoms with E-state index in [9.17, 15) is 4.79 Å². The van der Waals surface area contributed by atoms with Crippen LogP contribution in [-0.2, 0) is 9.53 Å². The van der Waals surface area contributed by atoms with Crippen molar-refractivity contribution in [1.29, 1.82) is 0 Å². The van der Waals surface area contributed by atoms with Gasteiger partial charge in [0.15, 0.2) is 12.0 Å². The lowest BCUT2D eigenvalue weighted by Gasteiger charge is -2.02. The zero-order valence-corrected chi connectivity index (χ0v) is 5.55. The summed E-state index contributed by atoms with van der Waals surface area (Å²) in [5.74, 6) is 0.349. The Morgan fingerprint density at radius 2 is 2.44 bits per heavy atom. The smallest absolute Gasteiger partial charge is 0.289 e. The summed E-state index contributed by atoms with van der Waals surface area (Å²) in [5, 5.41) is 0. The van der Waals surface area contributed by atoms with Gasteiger partial charge in [-0.2, -0.15) is 4.99 Å². The second-order valence-electron chi connectivity index (χ2n) is 1.98. The minimum Gasteiger partial charge on any atom is -0.468 e. The van der Waals surface area contributed by atoms with Crippen LogP contribution in [0.1, 0.15) is 20.3 Å². The Hall–Kier alpha value is -0.860. The molecule has 0 aromatic carbocycles. The largest absolute Gasteiger partial charge is 0.468 e. The first kappa shape index (κ1) is 6.26. The summed E-state index contributed by atoms with van der Waals surface area (Å²) >= 11 is 0. The monoisotopic (exact) mass is 127 g/mol. The van der Waals surface area contributed by atoms with Crippen molar-refractivity contribution in [1.82, 2.24) is 0 Å². The van der Waals surface area contributed by atoms with E-state index in [1.165, 1.54) is 0 Å². The summed E-state index contributed by atoms with van der Waals surface area (Å²) in [6.45, 7) is 3.59. The van der Waals surface area contributed by atoms with Gasteiger partial charge in [-0.3, -0.25) is 4.79 Å². The topological polar surface area (TPSA) is 38.7 Å². The lowest BCUT2D eigenvalue weighted by Crippen LogP contribution is -2.14. The molecule has 1 aliphatic heterocycles. The Kier molecular flexibility index (Phi) is 1.51. The maximum absolute atomic E-state index is 10.7. The Balaban J connectivity index is 2.60. The van der Waals surface area contributed by atoms with Crippen LogP contribution >= 0.6 is 0 Å². The number of hydrogen-bond acceptors (Lipinski definition) is 2. The van der Waals surface area contributed by atoms with Crippen molar-refractivity contribution in [2.45, 2.75) is 26.4 Å². The van der Waals surface area contributed by atoms with Crippen molar-refractivity contribution in [2.24, 2.45) is 4.99 Å². The highest BCUT2D eigenvalue weighted by atomic mass is 16.5. The van der Waals surface area contributed by atoms with Gasteiger partial charge in [0, 0.05) is 6.92 Å². The molecule has 0 aromatic rings. The number of amides is 1. The highest BCUT2D eigenvalue weighted by Crippen LogP contribution is 2.08. The SMILES string of the molecule is CCC1OC(C)=NC1=O. The van der Waals surface area contributed by atoms with Crippen LogP contribution in [0.2, 0.25) is 0 Å². The molecule has 3 nitrogen and oxygen atoms in total. The summed E-state index contributed by atoms with van der Waals surface area (Å²) in [7, 11) is 0. The first-order valence-electron chi connectivity index (χ1n) is 3.00. The van der Waals surface area contributed by atoms with Crippen molar-refractivity contribution in [3.8, 4) is 0 Å². The van der Waals surface area contributed by atoms with E-state index < -0.39 is 0 Å². The average Bonchev–Trinajstić information content (AvgIpc) is 2.10. The van der Waals surface area contributed by atoms with Crippen molar-refractivity contribution >= 4 is 11.8 Å². The van der Waals surface area contributed by atoms with Gasteiger partial charge in [0.05, 0.1) is 0 Å². The van der Waals surface area contributed by atoms with E-state index in [1.54, 1.807) is 6.92 Å². The van der Waals surface area contributed by atoms with Gasteiger partial charge in [0.2, 0.25) is 0 Å². The fourth-order valence-corrected chi connectivity index (χ4v) is 0.768. The van der Waals surface area contributed by atoms with Gasteiger partial charge >= 0.3 is 0 Å². The number of rotatable bonds is 1. The summed E-state index contributed by atoms with van der Waals surface area (Å²) in [4.78, 5) is 14.3. The molecule has 1 atom stereocenters. The molecule has 0 saturated heterocycles. The third-order valence-corrected chi connectivity index (χ3v) is 1.23. The minimum absolute atomic E-state index is 0.144. The summed E-state index contributed by atoms with van der Waals surface area (Å²) in [6.07, 6.45) is 0.407. The first-order chi connectivity index (χ1) is 4.24. The summed E-state index contributed by atoms with van der Waals surface area (Å²) < 4.78 is 5.02. The second-order valence-corrected chi connectivity index (χ2v) is 1.98. The Morgan fingerprint density at radius 1 is 1.78 bits per heavy atom. The fraction of sp³-hybridized carbons (Fsp3) is 0.667. The van der Waals surface area contributed by atoms with E-state index in [-0.39, 0.29) is 12.0 Å². The number of hydrogen-bond donors (Lipinski definition) is 0. The summed E-state index contributed by atoms with van der Waals surface area (Å²) in [5.41, 5.74) is 0. The predicted octanol–water partition coefficient (Wildman–Crippen LogP) is 0.740. The molecular formula is C6H9NO2. The zero-order valence-electron chi connectivity index (χ0n) is 5.55. The van der Waals surface area contributed by atoms with Gasteiger partial charge in [0.1, 0.15) is 0 Å². The molecule has 9 heavy (non-hydrogen) atoms. The molecule has 0 N–H and O–H groups in total. The molecular weight excluding hydrogens is 118 g/mol. The van der Waals surface area contributed by atoms with E-state index in [1.807, 2.05) is 6.92 Å². The van der Waals surface area contributed by atoms with E-state index in [4.69, 9.17) is 4.74 Å². The van der Waals surface area contributed by atoms with Crippen molar-refractivity contribution < 1.29 is 9.53 Å². The van der Waals surface area contributed by atoms with Crippen LogP contribution in [0.3, 0.4) is 0 Å². The third kappa shape index (κ3) is 1.09. The van der Waals surface area contributed by atoms with Crippen LogP contribution in [0.5, 0.6) is 0 Å². The van der Waals surface area contributed by atoms with Crippen LogP contribution in [0, 0.1) is 0 Å². The lowest BCUT2D eigenvalue weighted by molar-refractivity contribution is -0.122. The molecule has 0 bridgehead atoms. The molecule has 1 amide bonds. The molecule has 0 aliphatic carbocycles. The van der Waals surface area contributed by atoms with Crippen molar-refractivity contribution in [3.05, 3.63) is 0 Å². The predicted molar refractivity (Wildman–Crippen MR) is 33.3 cm³/mol. The Morgan fingerprint density at radius 3 is 2.67 bits per heavy atom. The molecule has 1 unspecified atom stereocenters. The highest BCUT2D eigenvalue weighted by molar-refractivity contribution is 5.98. The average molecular weight is 127 g/mol. The van der Waals surface area contributed by atoms with Crippen molar-refractivity contribution in [3.63, 3.8) is 0 Å². The van der Waals surface area contributed by atoms with Gasteiger partial charge in [-0.05, 0) is 6.42 Å². The molecule has 0 aromatic heterocycles. The Bertz CT molecular complexity index is 162. The van der Waals surface area contributed by atoms with Gasteiger partial charge < -0.3 is 4.74 Å². The highest BCUT2D eigenvalue weighted by Gasteiger charge is 2.23.